The van der Waals surface area contributed by atoms with E-state index >= 15 is 0 Å². The molecule has 0 radical (unpaired) electrons. The Kier molecular flexibility index (Phi) is 63.3. The number of likely N-dealkylation sites (N-methyl/N-ethyl adjacent to an activating group) is 1. The summed E-state index contributed by atoms with van der Waals surface area (Å²) in [5.41, 5.74) is 0. The van der Waals surface area contributed by atoms with Gasteiger partial charge in [-0.2, -0.15) is 0 Å². The van der Waals surface area contributed by atoms with Gasteiger partial charge in [-0.1, -0.05) is 351 Å². The third kappa shape index (κ3) is 67.6. The highest BCUT2D eigenvalue weighted by Crippen LogP contribution is 2.38. The van der Waals surface area contributed by atoms with Crippen molar-refractivity contribution in [2.75, 3.05) is 40.9 Å². The quantitative estimate of drug-likeness (QED) is 0.0272. The van der Waals surface area contributed by atoms with Gasteiger partial charge in [0.25, 0.3) is 7.82 Å². The second-order valence-electron chi connectivity index (χ2n) is 25.9. The second-order valence-corrected chi connectivity index (χ2v) is 27.3. The summed E-state index contributed by atoms with van der Waals surface area (Å²) >= 11 is 0. The van der Waals surface area contributed by atoms with Crippen LogP contribution in [0.5, 0.6) is 0 Å². The second kappa shape index (κ2) is 64.7. The predicted molar refractivity (Wildman–Crippen MR) is 362 cm³/mol. The van der Waals surface area contributed by atoms with Crippen LogP contribution in [0.25, 0.3) is 0 Å². The lowest BCUT2D eigenvalue weighted by molar-refractivity contribution is -0.870. The summed E-state index contributed by atoms with van der Waals surface area (Å²) in [7, 11) is 1.27. The molecule has 0 saturated heterocycles. The molecule has 0 aliphatic rings. The van der Waals surface area contributed by atoms with Crippen molar-refractivity contribution in [3.8, 4) is 0 Å². The molecule has 488 valence electrons. The van der Waals surface area contributed by atoms with E-state index in [2.05, 4.69) is 67.8 Å². The fraction of sp³-hybridized carbons (Fsp3) is 0.851. The van der Waals surface area contributed by atoms with Gasteiger partial charge < -0.3 is 28.8 Å². The Bertz CT molecular complexity index is 1540. The molecule has 0 aromatic heterocycles. The Balaban J connectivity index is 4.03. The first-order chi connectivity index (χ1) is 40.5. The first kappa shape index (κ1) is 81.2. The smallest absolute Gasteiger partial charge is 0.268 e. The molecule has 0 saturated carbocycles. The summed E-state index contributed by atoms with van der Waals surface area (Å²) in [5.74, 6) is -0.193. The molecule has 0 aliphatic carbocycles. The van der Waals surface area contributed by atoms with E-state index in [1.165, 1.54) is 270 Å². The number of amides is 1. The summed E-state index contributed by atoms with van der Waals surface area (Å²) in [6.45, 7) is 4.59. The Morgan fingerprint density at radius 3 is 1.07 bits per heavy atom. The van der Waals surface area contributed by atoms with E-state index in [1.54, 1.807) is 6.08 Å². The SMILES string of the molecule is CC/C=C\C/C=C\C/C=C\C/C=C\CCCCCCCCCCCCCCCCCCC(=O)NC(COP(=O)([O-])OCC[N+](C)(C)C)C(O)/C=C/CCCCCCCCCCCCCCCCCCCCCCCCCCCCCCCC. The molecule has 0 aliphatic heterocycles. The summed E-state index contributed by atoms with van der Waals surface area (Å²) in [4.78, 5) is 25.7. The highest BCUT2D eigenvalue weighted by molar-refractivity contribution is 7.45. The molecule has 1 amide bonds. The zero-order valence-corrected chi connectivity index (χ0v) is 56.8. The highest BCUT2D eigenvalue weighted by Gasteiger charge is 2.23. The van der Waals surface area contributed by atoms with Crippen molar-refractivity contribution in [1.29, 1.82) is 0 Å². The maximum absolute atomic E-state index is 13.0. The first-order valence-electron chi connectivity index (χ1n) is 36.2. The number of carbonyl (C=O) groups is 1. The van der Waals surface area contributed by atoms with E-state index in [0.717, 1.165) is 64.2 Å². The van der Waals surface area contributed by atoms with E-state index < -0.39 is 20.0 Å². The molecule has 8 nitrogen and oxygen atoms in total. The van der Waals surface area contributed by atoms with Crippen LogP contribution in [-0.4, -0.2) is 68.5 Å². The van der Waals surface area contributed by atoms with Gasteiger partial charge in [0, 0.05) is 6.42 Å². The topological polar surface area (TPSA) is 108 Å². The van der Waals surface area contributed by atoms with Crippen molar-refractivity contribution in [2.45, 2.75) is 366 Å². The van der Waals surface area contributed by atoms with Gasteiger partial charge in [-0.3, -0.25) is 9.36 Å². The highest BCUT2D eigenvalue weighted by atomic mass is 31.2. The van der Waals surface area contributed by atoms with E-state index in [1.807, 2.05) is 27.2 Å². The summed E-state index contributed by atoms with van der Waals surface area (Å²) < 4.78 is 23.5. The zero-order valence-electron chi connectivity index (χ0n) is 55.9. The van der Waals surface area contributed by atoms with Crippen LogP contribution in [0.15, 0.2) is 60.8 Å². The maximum atomic E-state index is 13.0. The fourth-order valence-corrected chi connectivity index (χ4v) is 11.6. The molecule has 0 bridgehead atoms. The molecule has 0 aromatic rings. The standard InChI is InChI=1S/C74H141N2O6P/c1-6-8-10-12-14-16-18-20-22-24-26-28-30-32-34-36-37-38-40-41-43-45-47-49-51-53-55-57-59-61-63-65-67-73(77)72(71-82-83(79,80)81-70-69-76(3,4)5)75-74(78)68-66-64-62-60-58-56-54-52-50-48-46-44-42-39-35-33-31-29-27-25-23-21-19-17-15-13-11-9-7-2/h9,11,15,17,21,23,27,29,65,67,72-73,77H,6-8,10,12-14,16,18-20,22,24-26,28,30-64,66,68-71H2,1-5H3,(H-,75,78,79,80)/b11-9-,17-15-,23-21-,29-27-,67-65+. The van der Waals surface area contributed by atoms with E-state index in [9.17, 15) is 19.4 Å². The number of nitrogens with zero attached hydrogens (tertiary/aromatic N) is 1. The first-order valence-corrected chi connectivity index (χ1v) is 37.6. The van der Waals surface area contributed by atoms with Gasteiger partial charge in [0.05, 0.1) is 39.9 Å². The summed E-state index contributed by atoms with van der Waals surface area (Å²) in [6.07, 6.45) is 89.2. The number of carbonyl (C=O) groups excluding carboxylic acids is 1. The fourth-order valence-electron chi connectivity index (χ4n) is 10.9. The van der Waals surface area contributed by atoms with Gasteiger partial charge in [-0.25, -0.2) is 0 Å². The number of phosphoric ester groups is 1. The molecular formula is C74H141N2O6P. The lowest BCUT2D eigenvalue weighted by Gasteiger charge is -2.29. The lowest BCUT2D eigenvalue weighted by atomic mass is 10.0. The summed E-state index contributed by atoms with van der Waals surface area (Å²) in [6, 6.07) is -0.890. The third-order valence-corrected chi connectivity index (χ3v) is 17.4. The number of hydrogen-bond acceptors (Lipinski definition) is 6. The molecule has 0 heterocycles. The Labute approximate surface area is 517 Å². The van der Waals surface area contributed by atoms with Gasteiger partial charge >= 0.3 is 0 Å². The van der Waals surface area contributed by atoms with Gasteiger partial charge in [-0.05, 0) is 57.8 Å². The molecule has 3 atom stereocenters. The molecule has 0 fully saturated rings. The van der Waals surface area contributed by atoms with E-state index in [0.29, 0.717) is 17.4 Å². The molecule has 0 rings (SSSR count). The lowest BCUT2D eigenvalue weighted by Crippen LogP contribution is -2.45. The minimum atomic E-state index is -4.61. The molecule has 3 unspecified atom stereocenters. The number of hydrogen-bond donors (Lipinski definition) is 2. The van der Waals surface area contributed by atoms with Gasteiger partial charge in [0.2, 0.25) is 5.91 Å². The number of unbranched alkanes of at least 4 members (excludes halogenated alkanes) is 46. The minimum Gasteiger partial charge on any atom is -0.756 e. The van der Waals surface area contributed by atoms with Gasteiger partial charge in [0.15, 0.2) is 0 Å². The molecule has 2 N–H and O–H groups in total. The van der Waals surface area contributed by atoms with Crippen molar-refractivity contribution in [1.82, 2.24) is 5.32 Å². The Morgan fingerprint density at radius 2 is 0.735 bits per heavy atom. The predicted octanol–water partition coefficient (Wildman–Crippen LogP) is 22.5. The maximum Gasteiger partial charge on any atom is 0.268 e. The monoisotopic (exact) mass is 1190 g/mol. The van der Waals surface area contributed by atoms with Crippen molar-refractivity contribution >= 4 is 13.7 Å². The van der Waals surface area contributed by atoms with Crippen molar-refractivity contribution < 1.29 is 32.9 Å². The number of quaternary nitrogens is 1. The van der Waals surface area contributed by atoms with Crippen LogP contribution in [-0.2, 0) is 18.4 Å². The Morgan fingerprint density at radius 1 is 0.434 bits per heavy atom. The average molecular weight is 1190 g/mol. The number of allylic oxidation sites excluding steroid dienone is 9. The van der Waals surface area contributed by atoms with Crippen LogP contribution in [0.2, 0.25) is 0 Å². The summed E-state index contributed by atoms with van der Waals surface area (Å²) in [5, 5.41) is 14.0. The number of rotatable bonds is 67. The van der Waals surface area contributed by atoms with Gasteiger partial charge in [-0.15, -0.1) is 0 Å². The Hall–Kier alpha value is -1.80. The number of aliphatic hydroxyl groups is 1. The molecule has 0 aromatic carbocycles. The van der Waals surface area contributed by atoms with E-state index in [4.69, 9.17) is 9.05 Å². The normalized spacial score (nSPS) is 14.0. The largest absolute Gasteiger partial charge is 0.756 e. The molecule has 0 spiro atoms. The third-order valence-electron chi connectivity index (χ3n) is 16.5. The van der Waals surface area contributed by atoms with Gasteiger partial charge in [0.1, 0.15) is 13.2 Å². The minimum absolute atomic E-state index is 0.000938. The molecular weight excluding hydrogens is 1040 g/mol. The zero-order chi connectivity index (χ0) is 60.5. The van der Waals surface area contributed by atoms with Crippen LogP contribution < -0.4 is 10.2 Å². The number of nitrogens with one attached hydrogen (secondary N) is 1. The van der Waals surface area contributed by atoms with Crippen molar-refractivity contribution in [3.05, 3.63) is 60.8 Å². The number of phosphoric acid groups is 1. The van der Waals surface area contributed by atoms with Crippen LogP contribution in [0.1, 0.15) is 354 Å². The van der Waals surface area contributed by atoms with Crippen LogP contribution >= 0.6 is 7.82 Å². The average Bonchev–Trinajstić information content (AvgIpc) is 3.50. The van der Waals surface area contributed by atoms with Crippen molar-refractivity contribution in [3.63, 3.8) is 0 Å². The molecule has 9 heteroatoms. The van der Waals surface area contributed by atoms with Crippen LogP contribution in [0.4, 0.5) is 0 Å². The van der Waals surface area contributed by atoms with Crippen LogP contribution in [0.3, 0.4) is 0 Å². The van der Waals surface area contributed by atoms with Crippen LogP contribution in [0, 0.1) is 0 Å². The van der Waals surface area contributed by atoms with Crippen molar-refractivity contribution in [2.24, 2.45) is 0 Å². The molecule has 83 heavy (non-hydrogen) atoms. The number of aliphatic hydroxyl groups excluding tert-OH is 1. The van der Waals surface area contributed by atoms with E-state index in [-0.39, 0.29) is 19.1 Å².